The highest BCUT2D eigenvalue weighted by Crippen LogP contribution is 2.39. The van der Waals surface area contributed by atoms with Gasteiger partial charge in [0.05, 0.1) is 0 Å². The van der Waals surface area contributed by atoms with Crippen LogP contribution in [0, 0.1) is 0 Å². The fourth-order valence-electron chi connectivity index (χ4n) is 4.31. The van der Waals surface area contributed by atoms with Crippen LogP contribution in [0.1, 0.15) is 61.1 Å². The summed E-state index contributed by atoms with van der Waals surface area (Å²) < 4.78 is 38.2. The Balaban J connectivity index is 1.54. The minimum Gasteiger partial charge on any atom is -0.461 e. The molecule has 0 radical (unpaired) electrons. The predicted octanol–water partition coefficient (Wildman–Crippen LogP) is 5.94. The zero-order chi connectivity index (χ0) is 23.6. The van der Waals surface area contributed by atoms with Crippen molar-refractivity contribution in [1.82, 2.24) is 4.90 Å². The number of hydrogen-bond donors (Lipinski definition) is 0. The molecule has 1 aromatic carbocycles. The number of benzene rings is 1. The molecule has 9 heteroatoms. The lowest BCUT2D eigenvalue weighted by Crippen LogP contribution is -2.40. The number of nitrogens with zero attached hydrogens (tertiary/aromatic N) is 1. The van der Waals surface area contributed by atoms with Gasteiger partial charge in [-0.15, -0.1) is 11.3 Å². The molecule has 1 aromatic heterocycles. The van der Waals surface area contributed by atoms with Crippen LogP contribution < -0.4 is 4.74 Å². The third-order valence-electron chi connectivity index (χ3n) is 6.11. The molecular formula is C24H26ClF2NO4S. The van der Waals surface area contributed by atoms with Crippen LogP contribution in [0.15, 0.2) is 30.3 Å². The quantitative estimate of drug-likeness (QED) is 0.462. The standard InChI is InChI=1S/C24H26ClF2NO4S/c1-2-20(29)32-21-13-15-14-28(12-9-19(15)33-21)22(17-5-3-4-6-18(17)25)23(30)31-16-7-10-24(26,27)11-8-16/h3-6,13,16,22H,2,7-12,14H2,1H3. The fourth-order valence-corrected chi connectivity index (χ4v) is 5.58. The molecule has 1 aliphatic heterocycles. The van der Waals surface area contributed by atoms with Gasteiger partial charge in [0.2, 0.25) is 5.92 Å². The van der Waals surface area contributed by atoms with Crippen molar-refractivity contribution in [2.75, 3.05) is 6.54 Å². The second-order valence-electron chi connectivity index (χ2n) is 8.48. The molecule has 2 aliphatic rings. The summed E-state index contributed by atoms with van der Waals surface area (Å²) in [6.07, 6.45) is 0.203. The van der Waals surface area contributed by atoms with Crippen LogP contribution in [-0.2, 0) is 27.3 Å². The van der Waals surface area contributed by atoms with Gasteiger partial charge in [0.15, 0.2) is 5.06 Å². The van der Waals surface area contributed by atoms with Crippen LogP contribution in [0.2, 0.25) is 5.02 Å². The van der Waals surface area contributed by atoms with E-state index in [0.29, 0.717) is 41.6 Å². The molecule has 0 spiro atoms. The molecule has 2 heterocycles. The van der Waals surface area contributed by atoms with Crippen molar-refractivity contribution in [1.29, 1.82) is 0 Å². The summed E-state index contributed by atoms with van der Waals surface area (Å²) in [6.45, 7) is 2.79. The molecule has 1 aliphatic carbocycles. The second kappa shape index (κ2) is 10.1. The minimum absolute atomic E-state index is 0.148. The monoisotopic (exact) mass is 497 g/mol. The zero-order valence-corrected chi connectivity index (χ0v) is 19.9. The van der Waals surface area contributed by atoms with Gasteiger partial charge in [-0.2, -0.15) is 0 Å². The van der Waals surface area contributed by atoms with E-state index in [1.165, 1.54) is 11.3 Å². The molecule has 1 atom stereocenters. The molecule has 0 N–H and O–H groups in total. The maximum atomic E-state index is 13.5. The molecule has 1 saturated carbocycles. The molecule has 33 heavy (non-hydrogen) atoms. The Bertz CT molecular complexity index is 1020. The third kappa shape index (κ3) is 5.73. The largest absolute Gasteiger partial charge is 0.461 e. The Labute approximate surface area is 200 Å². The number of alkyl halides is 2. The van der Waals surface area contributed by atoms with Gasteiger partial charge in [0, 0.05) is 42.3 Å². The van der Waals surface area contributed by atoms with Crippen molar-refractivity contribution in [2.24, 2.45) is 0 Å². The van der Waals surface area contributed by atoms with Gasteiger partial charge >= 0.3 is 11.9 Å². The number of carbonyl (C=O) groups excluding carboxylic acids is 2. The molecule has 0 amide bonds. The lowest BCUT2D eigenvalue weighted by Gasteiger charge is -2.35. The van der Waals surface area contributed by atoms with Crippen molar-refractivity contribution in [3.05, 3.63) is 51.4 Å². The Morgan fingerprint density at radius 2 is 2.00 bits per heavy atom. The highest BCUT2D eigenvalue weighted by atomic mass is 35.5. The van der Waals surface area contributed by atoms with Crippen molar-refractivity contribution in [2.45, 2.75) is 70.1 Å². The first-order chi connectivity index (χ1) is 15.8. The van der Waals surface area contributed by atoms with Crippen LogP contribution in [0.5, 0.6) is 5.06 Å². The van der Waals surface area contributed by atoms with Gasteiger partial charge in [0.1, 0.15) is 12.1 Å². The number of halogens is 3. The first-order valence-electron chi connectivity index (χ1n) is 11.1. The third-order valence-corrected chi connectivity index (χ3v) is 7.57. The summed E-state index contributed by atoms with van der Waals surface area (Å²) in [5, 5.41) is 0.997. The average Bonchev–Trinajstić information content (AvgIpc) is 3.18. The van der Waals surface area contributed by atoms with Crippen molar-refractivity contribution >= 4 is 34.9 Å². The number of fused-ring (bicyclic) bond motifs is 1. The van der Waals surface area contributed by atoms with E-state index < -0.39 is 24.0 Å². The smallest absolute Gasteiger partial charge is 0.328 e. The summed E-state index contributed by atoms with van der Waals surface area (Å²) >= 11 is 7.90. The summed E-state index contributed by atoms with van der Waals surface area (Å²) in [5.41, 5.74) is 1.62. The molecule has 0 bridgehead atoms. The SMILES string of the molecule is CCC(=O)Oc1cc2c(s1)CCN(C(C(=O)OC1CCC(F)(F)CC1)c1ccccc1Cl)C2. The Hall–Kier alpha value is -2.03. The summed E-state index contributed by atoms with van der Waals surface area (Å²) in [4.78, 5) is 28.1. The maximum absolute atomic E-state index is 13.5. The van der Waals surface area contributed by atoms with Gasteiger partial charge in [-0.05, 0) is 42.5 Å². The van der Waals surface area contributed by atoms with Gasteiger partial charge in [0.25, 0.3) is 0 Å². The molecule has 1 unspecified atom stereocenters. The van der Waals surface area contributed by atoms with Crippen LogP contribution >= 0.6 is 22.9 Å². The molecule has 0 saturated heterocycles. The lowest BCUT2D eigenvalue weighted by molar-refractivity contribution is -0.162. The fraction of sp³-hybridized carbons (Fsp3) is 0.500. The van der Waals surface area contributed by atoms with Crippen molar-refractivity contribution in [3.63, 3.8) is 0 Å². The number of thiophene rings is 1. The minimum atomic E-state index is -2.69. The number of rotatable bonds is 6. The molecule has 1 fully saturated rings. The van der Waals surface area contributed by atoms with Gasteiger partial charge in [-0.3, -0.25) is 9.69 Å². The Morgan fingerprint density at radius 1 is 1.27 bits per heavy atom. The summed E-state index contributed by atoms with van der Waals surface area (Å²) in [7, 11) is 0. The van der Waals surface area contributed by atoms with E-state index in [2.05, 4.69) is 0 Å². The highest BCUT2D eigenvalue weighted by molar-refractivity contribution is 7.14. The van der Waals surface area contributed by atoms with Gasteiger partial charge in [-0.1, -0.05) is 36.7 Å². The van der Waals surface area contributed by atoms with Crippen LogP contribution in [0.3, 0.4) is 0 Å². The van der Waals surface area contributed by atoms with Crippen LogP contribution in [0.4, 0.5) is 8.78 Å². The van der Waals surface area contributed by atoms with Crippen LogP contribution in [0.25, 0.3) is 0 Å². The summed E-state index contributed by atoms with van der Waals surface area (Å²) in [5.74, 6) is -3.46. The molecule has 2 aromatic rings. The Morgan fingerprint density at radius 3 is 2.70 bits per heavy atom. The maximum Gasteiger partial charge on any atom is 0.328 e. The number of carbonyl (C=O) groups is 2. The molecule has 5 nitrogen and oxygen atoms in total. The predicted molar refractivity (Wildman–Crippen MR) is 122 cm³/mol. The number of esters is 2. The van der Waals surface area contributed by atoms with E-state index in [-0.39, 0.29) is 31.7 Å². The topological polar surface area (TPSA) is 55.8 Å². The van der Waals surface area contributed by atoms with Gasteiger partial charge < -0.3 is 9.47 Å². The normalized spacial score (nSPS) is 19.5. The number of ether oxygens (including phenoxy) is 2. The van der Waals surface area contributed by atoms with Gasteiger partial charge in [-0.25, -0.2) is 13.6 Å². The van der Waals surface area contributed by atoms with Crippen molar-refractivity contribution < 1.29 is 27.8 Å². The van der Waals surface area contributed by atoms with E-state index in [1.54, 1.807) is 25.1 Å². The molecular weight excluding hydrogens is 472 g/mol. The van der Waals surface area contributed by atoms with Crippen molar-refractivity contribution in [3.8, 4) is 5.06 Å². The molecule has 4 rings (SSSR count). The lowest BCUT2D eigenvalue weighted by atomic mass is 9.94. The average molecular weight is 498 g/mol. The van der Waals surface area contributed by atoms with E-state index in [9.17, 15) is 18.4 Å². The van der Waals surface area contributed by atoms with E-state index in [0.717, 1.165) is 10.4 Å². The summed E-state index contributed by atoms with van der Waals surface area (Å²) in [6, 6.07) is 8.21. The second-order valence-corrected chi connectivity index (χ2v) is 9.98. The first-order valence-corrected chi connectivity index (χ1v) is 12.3. The first kappa shape index (κ1) is 24.1. The highest BCUT2D eigenvalue weighted by Gasteiger charge is 2.39. The Kier molecular flexibility index (Phi) is 7.36. The van der Waals surface area contributed by atoms with E-state index in [4.69, 9.17) is 21.1 Å². The van der Waals surface area contributed by atoms with E-state index in [1.807, 2.05) is 17.0 Å². The molecule has 178 valence electrons. The van der Waals surface area contributed by atoms with E-state index >= 15 is 0 Å². The zero-order valence-electron chi connectivity index (χ0n) is 18.3. The van der Waals surface area contributed by atoms with Crippen LogP contribution in [-0.4, -0.2) is 35.4 Å². The number of hydrogen-bond acceptors (Lipinski definition) is 6.